The van der Waals surface area contributed by atoms with E-state index in [0.29, 0.717) is 9.50 Å². The molecule has 1 unspecified atom stereocenters. The monoisotopic (exact) mass is 359 g/mol. The summed E-state index contributed by atoms with van der Waals surface area (Å²) < 4.78 is 15.7. The van der Waals surface area contributed by atoms with Gasteiger partial charge in [-0.3, -0.25) is 4.68 Å². The lowest BCUT2D eigenvalue weighted by Gasteiger charge is -2.20. The van der Waals surface area contributed by atoms with E-state index < -0.39 is 0 Å². The molecule has 0 saturated heterocycles. The number of aromatic nitrogens is 2. The zero-order valence-corrected chi connectivity index (χ0v) is 13.7. The highest BCUT2D eigenvalue weighted by atomic mass is 79.9. The molecule has 0 saturated carbocycles. The van der Waals surface area contributed by atoms with E-state index in [9.17, 15) is 4.39 Å². The Morgan fingerprint density at radius 1 is 1.45 bits per heavy atom. The van der Waals surface area contributed by atoms with Crippen molar-refractivity contribution in [2.45, 2.75) is 26.4 Å². The zero-order chi connectivity index (χ0) is 14.7. The second kappa shape index (κ2) is 6.70. The van der Waals surface area contributed by atoms with Crippen LogP contribution in [-0.2, 0) is 6.54 Å². The van der Waals surface area contributed by atoms with Gasteiger partial charge in [0.15, 0.2) is 0 Å². The number of nitrogens with zero attached hydrogens (tertiary/aromatic N) is 2. The predicted molar refractivity (Wildman–Crippen MR) is 82.5 cm³/mol. The summed E-state index contributed by atoms with van der Waals surface area (Å²) in [5.41, 5.74) is 1.84. The van der Waals surface area contributed by atoms with Crippen molar-refractivity contribution in [2.75, 3.05) is 6.54 Å². The average molecular weight is 361 g/mol. The van der Waals surface area contributed by atoms with Crippen LogP contribution in [-0.4, -0.2) is 16.3 Å². The maximum absolute atomic E-state index is 13.4. The molecular formula is C14H16BrClFN3. The average Bonchev–Trinajstić information content (AvgIpc) is 2.80. The van der Waals surface area contributed by atoms with Crippen LogP contribution in [0.2, 0.25) is 5.02 Å². The van der Waals surface area contributed by atoms with Crippen LogP contribution in [0, 0.1) is 5.82 Å². The van der Waals surface area contributed by atoms with Crippen LogP contribution in [0.15, 0.2) is 28.9 Å². The normalized spacial score (nSPS) is 12.7. The first-order chi connectivity index (χ1) is 9.58. The van der Waals surface area contributed by atoms with Gasteiger partial charge in [0.2, 0.25) is 0 Å². The first-order valence-electron chi connectivity index (χ1n) is 6.48. The molecule has 0 radical (unpaired) electrons. The third kappa shape index (κ3) is 3.05. The van der Waals surface area contributed by atoms with E-state index in [1.807, 2.05) is 18.5 Å². The molecule has 0 aliphatic carbocycles. The SMILES string of the molecule is CCNC(c1ccc(F)c(Br)c1)c1c(Cl)cnn1CC. The maximum Gasteiger partial charge on any atom is 0.137 e. The number of benzene rings is 1. The molecule has 20 heavy (non-hydrogen) atoms. The lowest BCUT2D eigenvalue weighted by atomic mass is 10.0. The van der Waals surface area contributed by atoms with Gasteiger partial charge in [0.25, 0.3) is 0 Å². The molecule has 1 aromatic carbocycles. The number of rotatable bonds is 5. The fraction of sp³-hybridized carbons (Fsp3) is 0.357. The van der Waals surface area contributed by atoms with Crippen molar-refractivity contribution in [1.82, 2.24) is 15.1 Å². The third-order valence-corrected chi connectivity index (χ3v) is 3.99. The van der Waals surface area contributed by atoms with Crippen molar-refractivity contribution in [3.63, 3.8) is 0 Å². The zero-order valence-electron chi connectivity index (χ0n) is 11.3. The van der Waals surface area contributed by atoms with E-state index in [2.05, 4.69) is 26.3 Å². The van der Waals surface area contributed by atoms with Gasteiger partial charge in [0.05, 0.1) is 27.4 Å². The Bertz CT molecular complexity index is 600. The summed E-state index contributed by atoms with van der Waals surface area (Å²) in [6.07, 6.45) is 1.64. The number of aryl methyl sites for hydroxylation is 1. The Kier molecular flexibility index (Phi) is 5.18. The van der Waals surface area contributed by atoms with Crippen molar-refractivity contribution in [3.8, 4) is 0 Å². The van der Waals surface area contributed by atoms with Crippen LogP contribution in [0.25, 0.3) is 0 Å². The van der Waals surface area contributed by atoms with Crippen molar-refractivity contribution < 1.29 is 4.39 Å². The Morgan fingerprint density at radius 3 is 2.80 bits per heavy atom. The van der Waals surface area contributed by atoms with Gasteiger partial charge in [-0.25, -0.2) is 4.39 Å². The molecule has 2 aromatic rings. The van der Waals surface area contributed by atoms with Crippen molar-refractivity contribution in [3.05, 3.63) is 51.0 Å². The number of hydrogen-bond acceptors (Lipinski definition) is 2. The Labute approximate surface area is 131 Å². The van der Waals surface area contributed by atoms with Crippen LogP contribution in [0.1, 0.15) is 31.1 Å². The number of nitrogens with one attached hydrogen (secondary N) is 1. The summed E-state index contributed by atoms with van der Waals surface area (Å²) in [5, 5.41) is 8.25. The quantitative estimate of drug-likeness (QED) is 0.868. The molecule has 3 nitrogen and oxygen atoms in total. The fourth-order valence-corrected chi connectivity index (χ4v) is 2.83. The van der Waals surface area contributed by atoms with Gasteiger partial charge in [-0.1, -0.05) is 24.6 Å². The summed E-state index contributed by atoms with van der Waals surface area (Å²) in [6, 6.07) is 4.86. The van der Waals surface area contributed by atoms with Crippen molar-refractivity contribution in [2.24, 2.45) is 0 Å². The highest BCUT2D eigenvalue weighted by Crippen LogP contribution is 2.30. The van der Waals surface area contributed by atoms with E-state index in [1.165, 1.54) is 6.07 Å². The summed E-state index contributed by atoms with van der Waals surface area (Å²) in [6.45, 7) is 5.53. The minimum Gasteiger partial charge on any atom is -0.305 e. The summed E-state index contributed by atoms with van der Waals surface area (Å²) >= 11 is 9.49. The topological polar surface area (TPSA) is 29.9 Å². The molecule has 108 valence electrons. The van der Waals surface area contributed by atoms with Gasteiger partial charge in [-0.15, -0.1) is 0 Å². The van der Waals surface area contributed by atoms with Gasteiger partial charge in [-0.2, -0.15) is 5.10 Å². The van der Waals surface area contributed by atoms with Crippen LogP contribution in [0.5, 0.6) is 0 Å². The van der Waals surface area contributed by atoms with Crippen molar-refractivity contribution >= 4 is 27.5 Å². The van der Waals surface area contributed by atoms with E-state index in [4.69, 9.17) is 11.6 Å². The molecule has 2 rings (SSSR count). The Hall–Kier alpha value is -0.910. The van der Waals surface area contributed by atoms with Crippen LogP contribution in [0.3, 0.4) is 0 Å². The lowest BCUT2D eigenvalue weighted by Crippen LogP contribution is -2.25. The predicted octanol–water partition coefficient (Wildman–Crippen LogP) is 4.16. The van der Waals surface area contributed by atoms with E-state index in [1.54, 1.807) is 18.3 Å². The fourth-order valence-electron chi connectivity index (χ4n) is 2.18. The third-order valence-electron chi connectivity index (χ3n) is 3.09. The molecule has 0 amide bonds. The summed E-state index contributed by atoms with van der Waals surface area (Å²) in [7, 11) is 0. The molecule has 1 atom stereocenters. The standard InChI is InChI=1S/C14H16BrClFN3/c1-3-18-13(9-5-6-12(17)10(15)7-9)14-11(16)8-19-20(14)4-2/h5-8,13,18H,3-4H2,1-2H3. The van der Waals surface area contributed by atoms with Crippen LogP contribution < -0.4 is 5.32 Å². The summed E-state index contributed by atoms with van der Waals surface area (Å²) in [5.74, 6) is -0.279. The second-order valence-electron chi connectivity index (χ2n) is 4.36. The van der Waals surface area contributed by atoms with E-state index in [-0.39, 0.29) is 11.9 Å². The summed E-state index contributed by atoms with van der Waals surface area (Å²) in [4.78, 5) is 0. The molecule has 1 heterocycles. The van der Waals surface area contributed by atoms with E-state index in [0.717, 1.165) is 24.3 Å². The highest BCUT2D eigenvalue weighted by Gasteiger charge is 2.21. The first kappa shape index (κ1) is 15.5. The molecular weight excluding hydrogens is 345 g/mol. The minimum absolute atomic E-state index is 0.119. The molecule has 1 N–H and O–H groups in total. The minimum atomic E-state index is -0.279. The Morgan fingerprint density at radius 2 is 2.20 bits per heavy atom. The molecule has 0 fully saturated rings. The first-order valence-corrected chi connectivity index (χ1v) is 7.65. The number of hydrogen-bond donors (Lipinski definition) is 1. The highest BCUT2D eigenvalue weighted by molar-refractivity contribution is 9.10. The van der Waals surface area contributed by atoms with Gasteiger partial charge in [-0.05, 0) is 47.1 Å². The van der Waals surface area contributed by atoms with Gasteiger partial charge >= 0.3 is 0 Å². The molecule has 0 aliphatic heterocycles. The Balaban J connectivity index is 2.49. The molecule has 0 aliphatic rings. The van der Waals surface area contributed by atoms with Gasteiger partial charge in [0, 0.05) is 6.54 Å². The van der Waals surface area contributed by atoms with Gasteiger partial charge in [0.1, 0.15) is 5.82 Å². The van der Waals surface area contributed by atoms with E-state index >= 15 is 0 Å². The molecule has 0 bridgehead atoms. The van der Waals surface area contributed by atoms with Gasteiger partial charge < -0.3 is 5.32 Å². The lowest BCUT2D eigenvalue weighted by molar-refractivity contribution is 0.541. The largest absolute Gasteiger partial charge is 0.305 e. The van der Waals surface area contributed by atoms with Crippen molar-refractivity contribution in [1.29, 1.82) is 0 Å². The van der Waals surface area contributed by atoms with Crippen LogP contribution >= 0.6 is 27.5 Å². The molecule has 6 heteroatoms. The smallest absolute Gasteiger partial charge is 0.137 e. The molecule has 1 aromatic heterocycles. The second-order valence-corrected chi connectivity index (χ2v) is 5.62. The molecule has 0 spiro atoms. The van der Waals surface area contributed by atoms with Crippen LogP contribution in [0.4, 0.5) is 4.39 Å². The number of halogens is 3. The maximum atomic E-state index is 13.4.